The standard InChI is InChI=1S/C92H64N6S/c1-54-19-41-80-70(47-54)71-48-55(2)20-42-81(71)96(80)65-33-25-60(26-34-65)87-76(53-93)91(92-94-77-15-9-12-18-86(77)99-92)90(63-31-39-67(40-32-63)98-84-45-23-58(5)51-74(84)75-52-59(6)24-46-85(75)98)89(62-29-37-64(38-30-62)95-78-16-10-7-13-68(78)69-14-8-11-17-79(69)95)88(87)61-27-35-66(36-28-61)97-82-43-21-56(3)49-72(82)73-50-57(4)22-44-83(73)97/h7-52H,1-6H3. The van der Waals surface area contributed by atoms with Crippen LogP contribution in [0.1, 0.15) is 38.9 Å². The van der Waals surface area contributed by atoms with Gasteiger partial charge in [-0.25, -0.2) is 4.98 Å². The molecule has 19 rings (SSSR count). The third-order valence-electron chi connectivity index (χ3n) is 20.6. The number of hydrogen-bond acceptors (Lipinski definition) is 3. The summed E-state index contributed by atoms with van der Waals surface area (Å²) in [5.41, 5.74) is 30.4. The highest BCUT2D eigenvalue weighted by atomic mass is 32.1. The van der Waals surface area contributed by atoms with Gasteiger partial charge in [-0.05, 0) is 221 Å². The molecule has 0 spiro atoms. The Morgan fingerprint density at radius 2 is 0.545 bits per heavy atom. The van der Waals surface area contributed by atoms with Crippen molar-refractivity contribution in [2.75, 3.05) is 0 Å². The van der Waals surface area contributed by atoms with Crippen LogP contribution < -0.4 is 0 Å². The van der Waals surface area contributed by atoms with Crippen molar-refractivity contribution in [3.8, 4) is 83.9 Å². The number of aryl methyl sites for hydroxylation is 6. The van der Waals surface area contributed by atoms with Crippen LogP contribution in [-0.4, -0.2) is 23.3 Å². The van der Waals surface area contributed by atoms with Gasteiger partial charge in [-0.15, -0.1) is 11.3 Å². The van der Waals surface area contributed by atoms with Gasteiger partial charge in [-0.1, -0.05) is 167 Å². The zero-order chi connectivity index (χ0) is 66.5. The van der Waals surface area contributed by atoms with E-state index in [0.29, 0.717) is 5.56 Å². The summed E-state index contributed by atoms with van der Waals surface area (Å²) in [6.07, 6.45) is 0. The SMILES string of the molecule is Cc1ccc2c(c1)c1cc(C)ccc1n2-c1ccc(-c2c(C#N)c(-c3nc4ccccc4s3)c(-c3ccc(-n4c5ccc(C)cc5c5cc(C)ccc54)cc3)c(-c3ccc(-n4c5ccccc5c5ccccc54)cc3)c2-c2ccc(-n3c4ccc(C)cc4c4cc(C)ccc43)cc2)cc1. The number of hydrogen-bond donors (Lipinski definition) is 0. The molecule has 14 aromatic carbocycles. The van der Waals surface area contributed by atoms with Crippen molar-refractivity contribution in [1.29, 1.82) is 5.26 Å². The van der Waals surface area contributed by atoms with E-state index >= 15 is 0 Å². The van der Waals surface area contributed by atoms with Crippen LogP contribution in [0.2, 0.25) is 0 Å². The maximum absolute atomic E-state index is 12.6. The average molecular weight is 1290 g/mol. The molecule has 5 aromatic heterocycles. The summed E-state index contributed by atoms with van der Waals surface area (Å²) < 4.78 is 10.6. The maximum atomic E-state index is 12.6. The molecule has 0 saturated carbocycles. The molecule has 99 heavy (non-hydrogen) atoms. The number of aromatic nitrogens is 5. The highest BCUT2D eigenvalue weighted by Gasteiger charge is 2.31. The fourth-order valence-corrected chi connectivity index (χ4v) is 17.1. The first kappa shape index (κ1) is 58.1. The second-order valence-corrected chi connectivity index (χ2v) is 28.1. The fourth-order valence-electron chi connectivity index (χ4n) is 16.1. The number of para-hydroxylation sites is 3. The van der Waals surface area contributed by atoms with Crippen molar-refractivity contribution in [2.24, 2.45) is 0 Å². The summed E-state index contributed by atoms with van der Waals surface area (Å²) in [7, 11) is 0. The largest absolute Gasteiger partial charge is 0.309 e. The van der Waals surface area contributed by atoms with Crippen molar-refractivity contribution >= 4 is 109 Å². The Balaban J connectivity index is 0.922. The Labute approximate surface area is 577 Å². The summed E-state index contributed by atoms with van der Waals surface area (Å²) in [5, 5.41) is 23.2. The molecular formula is C92H64N6S. The Hall–Kier alpha value is -12.3. The average Bonchev–Trinajstić information content (AvgIpc) is 1.61. The second-order valence-electron chi connectivity index (χ2n) is 27.0. The van der Waals surface area contributed by atoms with Crippen LogP contribution in [-0.2, 0) is 0 Å². The number of benzene rings is 14. The number of rotatable bonds is 9. The first-order valence-corrected chi connectivity index (χ1v) is 34.8. The molecule has 0 fully saturated rings. The quantitative estimate of drug-likeness (QED) is 0.145. The van der Waals surface area contributed by atoms with E-state index in [2.05, 4.69) is 345 Å². The van der Waals surface area contributed by atoms with E-state index in [0.717, 1.165) is 132 Å². The minimum Gasteiger partial charge on any atom is -0.309 e. The molecule has 0 aliphatic carbocycles. The van der Waals surface area contributed by atoms with Gasteiger partial charge in [-0.2, -0.15) is 5.26 Å². The Kier molecular flexibility index (Phi) is 13.1. The molecule has 0 N–H and O–H groups in total. The molecule has 19 aromatic rings. The Bertz CT molecular complexity index is 6370. The molecule has 468 valence electrons. The molecule has 0 aliphatic rings. The summed E-state index contributed by atoms with van der Waals surface area (Å²) in [6, 6.07) is 106. The third-order valence-corrected chi connectivity index (χ3v) is 21.6. The molecule has 6 nitrogen and oxygen atoms in total. The van der Waals surface area contributed by atoms with Gasteiger partial charge in [0.25, 0.3) is 0 Å². The van der Waals surface area contributed by atoms with E-state index in [4.69, 9.17) is 4.98 Å². The third kappa shape index (κ3) is 9.10. The van der Waals surface area contributed by atoms with Crippen molar-refractivity contribution in [3.63, 3.8) is 0 Å². The molecule has 0 bridgehead atoms. The minimum atomic E-state index is 0.551. The lowest BCUT2D eigenvalue weighted by molar-refractivity contribution is 1.18. The number of fused-ring (bicyclic) bond motifs is 13. The highest BCUT2D eigenvalue weighted by Crippen LogP contribution is 2.55. The lowest BCUT2D eigenvalue weighted by Gasteiger charge is -2.26. The molecule has 0 amide bonds. The van der Waals surface area contributed by atoms with E-state index in [-0.39, 0.29) is 0 Å². The van der Waals surface area contributed by atoms with Crippen LogP contribution in [0.4, 0.5) is 0 Å². The van der Waals surface area contributed by atoms with Gasteiger partial charge in [0.1, 0.15) is 11.1 Å². The van der Waals surface area contributed by atoms with Crippen molar-refractivity contribution in [3.05, 3.63) is 318 Å². The molecule has 0 saturated heterocycles. The van der Waals surface area contributed by atoms with E-state index in [1.54, 1.807) is 11.3 Å². The summed E-state index contributed by atoms with van der Waals surface area (Å²) >= 11 is 1.64. The lowest BCUT2D eigenvalue weighted by Crippen LogP contribution is -2.03. The van der Waals surface area contributed by atoms with Crippen LogP contribution in [0.3, 0.4) is 0 Å². The second kappa shape index (κ2) is 22.4. The van der Waals surface area contributed by atoms with E-state index < -0.39 is 0 Å². The Morgan fingerprint density at radius 3 is 0.869 bits per heavy atom. The topological polar surface area (TPSA) is 56.4 Å². The molecule has 7 heteroatoms. The van der Waals surface area contributed by atoms with Gasteiger partial charge in [0.2, 0.25) is 0 Å². The maximum Gasteiger partial charge on any atom is 0.126 e. The predicted molar refractivity (Wildman–Crippen MR) is 417 cm³/mol. The molecular weight excluding hydrogens is 1220 g/mol. The van der Waals surface area contributed by atoms with Crippen LogP contribution in [0.25, 0.3) is 175 Å². The van der Waals surface area contributed by atoms with Crippen molar-refractivity contribution in [2.45, 2.75) is 41.5 Å². The molecule has 5 heterocycles. The van der Waals surface area contributed by atoms with Crippen LogP contribution in [0.5, 0.6) is 0 Å². The lowest BCUT2D eigenvalue weighted by atomic mass is 9.77. The van der Waals surface area contributed by atoms with Gasteiger partial charge in [0, 0.05) is 82.5 Å². The zero-order valence-electron chi connectivity index (χ0n) is 55.6. The molecule has 0 aliphatic heterocycles. The van der Waals surface area contributed by atoms with Gasteiger partial charge in [0.15, 0.2) is 0 Å². The van der Waals surface area contributed by atoms with Crippen LogP contribution >= 0.6 is 11.3 Å². The zero-order valence-corrected chi connectivity index (χ0v) is 56.5. The van der Waals surface area contributed by atoms with E-state index in [9.17, 15) is 5.26 Å². The van der Waals surface area contributed by atoms with Crippen LogP contribution in [0, 0.1) is 52.9 Å². The van der Waals surface area contributed by atoms with Gasteiger partial charge in [-0.3, -0.25) is 0 Å². The predicted octanol–water partition coefficient (Wildman–Crippen LogP) is 24.7. The first-order chi connectivity index (χ1) is 48.5. The minimum absolute atomic E-state index is 0.551. The Morgan fingerprint density at radius 1 is 0.273 bits per heavy atom. The number of nitrogens with zero attached hydrogens (tertiary/aromatic N) is 6. The highest BCUT2D eigenvalue weighted by molar-refractivity contribution is 7.21. The van der Waals surface area contributed by atoms with Gasteiger partial charge >= 0.3 is 0 Å². The van der Waals surface area contributed by atoms with Crippen molar-refractivity contribution < 1.29 is 0 Å². The van der Waals surface area contributed by atoms with E-state index in [1.807, 2.05) is 0 Å². The van der Waals surface area contributed by atoms with Gasteiger partial charge < -0.3 is 18.3 Å². The number of thiazole rings is 1. The monoisotopic (exact) mass is 1280 g/mol. The summed E-state index contributed by atoms with van der Waals surface area (Å²) in [4.78, 5) is 5.57. The molecule has 0 radical (unpaired) electrons. The normalized spacial score (nSPS) is 11.9. The van der Waals surface area contributed by atoms with E-state index in [1.165, 1.54) is 76.5 Å². The molecule has 0 atom stereocenters. The van der Waals surface area contributed by atoms with Gasteiger partial charge in [0.05, 0.1) is 59.9 Å². The summed E-state index contributed by atoms with van der Waals surface area (Å²) in [5.74, 6) is 0. The number of nitriles is 1. The summed E-state index contributed by atoms with van der Waals surface area (Å²) in [6.45, 7) is 13.0. The smallest absolute Gasteiger partial charge is 0.126 e. The van der Waals surface area contributed by atoms with Crippen molar-refractivity contribution in [1.82, 2.24) is 23.3 Å². The molecule has 0 unspecified atom stereocenters. The first-order valence-electron chi connectivity index (χ1n) is 34.0. The fraction of sp³-hybridized carbons (Fsp3) is 0.0652. The van der Waals surface area contributed by atoms with Crippen LogP contribution in [0.15, 0.2) is 279 Å².